The van der Waals surface area contributed by atoms with Gasteiger partial charge in [-0.15, -0.1) is 0 Å². The molecule has 1 aromatic carbocycles. The number of hydrogen-bond donors (Lipinski definition) is 1. The van der Waals surface area contributed by atoms with Gasteiger partial charge in [0.15, 0.2) is 5.11 Å². The Labute approximate surface area is 175 Å². The summed E-state index contributed by atoms with van der Waals surface area (Å²) in [5.74, 6) is 0.455. The van der Waals surface area contributed by atoms with Crippen LogP contribution in [0.1, 0.15) is 56.6 Å². The number of benzene rings is 1. The molecular weight excluding hydrogens is 370 g/mol. The van der Waals surface area contributed by atoms with Crippen LogP contribution in [0.15, 0.2) is 24.3 Å². The predicted molar refractivity (Wildman–Crippen MR) is 118 cm³/mol. The van der Waals surface area contributed by atoms with E-state index in [9.17, 15) is 4.79 Å². The minimum atomic E-state index is -0.128. The number of nitrogens with one attached hydrogen (secondary N) is 1. The molecule has 0 saturated carbocycles. The zero-order chi connectivity index (χ0) is 20.4. The molecule has 0 aliphatic carbocycles. The summed E-state index contributed by atoms with van der Waals surface area (Å²) in [4.78, 5) is 15.8. The Balaban J connectivity index is 1.60. The van der Waals surface area contributed by atoms with Gasteiger partial charge in [-0.1, -0.05) is 44.5 Å². The Morgan fingerprint density at radius 3 is 2.39 bits per heavy atom. The zero-order valence-corrected chi connectivity index (χ0v) is 18.4. The minimum Gasteiger partial charge on any atom is -0.469 e. The lowest BCUT2D eigenvalue weighted by atomic mass is 10.0. The second-order valence-electron chi connectivity index (χ2n) is 7.78. The molecule has 156 valence electrons. The van der Waals surface area contributed by atoms with Gasteiger partial charge in [0.05, 0.1) is 7.11 Å². The van der Waals surface area contributed by atoms with Crippen LogP contribution in [0.25, 0.3) is 0 Å². The number of thiocarbonyl (C=S) groups is 1. The molecule has 1 aliphatic heterocycles. The van der Waals surface area contributed by atoms with Gasteiger partial charge in [0.25, 0.3) is 0 Å². The monoisotopic (exact) mass is 405 g/mol. The molecule has 0 unspecified atom stereocenters. The maximum atomic E-state index is 11.1. The molecule has 0 bridgehead atoms. The number of nitrogens with zero attached hydrogens (tertiary/aromatic N) is 2. The molecule has 28 heavy (non-hydrogen) atoms. The van der Waals surface area contributed by atoms with Gasteiger partial charge in [0.2, 0.25) is 0 Å². The average molecular weight is 406 g/mol. The number of rotatable bonds is 9. The van der Waals surface area contributed by atoms with E-state index in [-0.39, 0.29) is 5.97 Å². The van der Waals surface area contributed by atoms with E-state index in [1.807, 2.05) is 0 Å². The maximum absolute atomic E-state index is 11.1. The second kappa shape index (κ2) is 12.0. The Morgan fingerprint density at radius 1 is 1.11 bits per heavy atom. The SMILES string of the molecule is COC(=O)CCCCCNC(=S)N1CCN(Cc2ccc(C(C)C)cc2)CC1. The van der Waals surface area contributed by atoms with E-state index in [4.69, 9.17) is 12.2 Å². The molecule has 1 fully saturated rings. The van der Waals surface area contributed by atoms with E-state index >= 15 is 0 Å². The van der Waals surface area contributed by atoms with Crippen LogP contribution in [0.3, 0.4) is 0 Å². The van der Waals surface area contributed by atoms with Crippen molar-refractivity contribution >= 4 is 23.3 Å². The van der Waals surface area contributed by atoms with Crippen molar-refractivity contribution < 1.29 is 9.53 Å². The number of carbonyl (C=O) groups is 1. The highest BCUT2D eigenvalue weighted by atomic mass is 32.1. The summed E-state index contributed by atoms with van der Waals surface area (Å²) in [5, 5.41) is 4.21. The first-order chi connectivity index (χ1) is 13.5. The molecule has 0 atom stereocenters. The van der Waals surface area contributed by atoms with Crippen LogP contribution in [0.5, 0.6) is 0 Å². The quantitative estimate of drug-likeness (QED) is 0.385. The molecule has 1 aromatic rings. The second-order valence-corrected chi connectivity index (χ2v) is 8.16. The predicted octanol–water partition coefficient (Wildman–Crippen LogP) is 3.54. The number of hydrogen-bond acceptors (Lipinski definition) is 4. The number of unbranched alkanes of at least 4 members (excludes halogenated alkanes) is 2. The van der Waals surface area contributed by atoms with Crippen molar-refractivity contribution in [3.8, 4) is 0 Å². The highest BCUT2D eigenvalue weighted by Gasteiger charge is 2.18. The first kappa shape index (κ1) is 22.6. The normalized spacial score (nSPS) is 14.9. The molecule has 0 spiro atoms. The molecule has 1 heterocycles. The molecule has 0 amide bonds. The Morgan fingerprint density at radius 2 is 1.79 bits per heavy atom. The Kier molecular flexibility index (Phi) is 9.71. The van der Waals surface area contributed by atoms with Crippen molar-refractivity contribution in [2.75, 3.05) is 39.8 Å². The van der Waals surface area contributed by atoms with Gasteiger partial charge < -0.3 is 15.0 Å². The Bertz CT molecular complexity index is 611. The van der Waals surface area contributed by atoms with Crippen LogP contribution in [0.2, 0.25) is 0 Å². The molecule has 5 nitrogen and oxygen atoms in total. The van der Waals surface area contributed by atoms with Crippen LogP contribution in [0, 0.1) is 0 Å². The molecule has 1 saturated heterocycles. The first-order valence-corrected chi connectivity index (χ1v) is 10.8. The van der Waals surface area contributed by atoms with Crippen LogP contribution in [0.4, 0.5) is 0 Å². The summed E-state index contributed by atoms with van der Waals surface area (Å²) in [7, 11) is 1.44. The van der Waals surface area contributed by atoms with Crippen molar-refractivity contribution in [3.63, 3.8) is 0 Å². The van der Waals surface area contributed by atoms with E-state index in [1.165, 1.54) is 18.2 Å². The van der Waals surface area contributed by atoms with E-state index in [0.717, 1.165) is 63.6 Å². The summed E-state index contributed by atoms with van der Waals surface area (Å²) in [6, 6.07) is 9.02. The van der Waals surface area contributed by atoms with E-state index < -0.39 is 0 Å². The molecule has 0 radical (unpaired) electrons. The fourth-order valence-electron chi connectivity index (χ4n) is 3.36. The molecule has 6 heteroatoms. The standard InChI is InChI=1S/C22H35N3O2S/c1-18(2)20-10-8-19(9-11-20)17-24-13-15-25(16-14-24)22(28)23-12-6-4-5-7-21(26)27-3/h8-11,18H,4-7,12-17H2,1-3H3,(H,23,28). The van der Waals surface area contributed by atoms with Gasteiger partial charge in [0.1, 0.15) is 0 Å². The fraction of sp³-hybridized carbons (Fsp3) is 0.636. The van der Waals surface area contributed by atoms with Gasteiger partial charge in [-0.2, -0.15) is 0 Å². The van der Waals surface area contributed by atoms with E-state index in [0.29, 0.717) is 12.3 Å². The lowest BCUT2D eigenvalue weighted by Gasteiger charge is -2.36. The lowest BCUT2D eigenvalue weighted by Crippen LogP contribution is -2.51. The van der Waals surface area contributed by atoms with Crippen LogP contribution >= 0.6 is 12.2 Å². The van der Waals surface area contributed by atoms with E-state index in [1.54, 1.807) is 0 Å². The molecule has 1 aliphatic rings. The van der Waals surface area contributed by atoms with Crippen molar-refractivity contribution in [3.05, 3.63) is 35.4 Å². The van der Waals surface area contributed by atoms with Gasteiger partial charge in [-0.3, -0.25) is 9.69 Å². The van der Waals surface area contributed by atoms with Crippen LogP contribution in [-0.4, -0.2) is 60.7 Å². The number of ether oxygens (including phenoxy) is 1. The Hall–Kier alpha value is -1.66. The number of esters is 1. The van der Waals surface area contributed by atoms with Crippen molar-refractivity contribution in [2.45, 2.75) is 52.0 Å². The highest BCUT2D eigenvalue weighted by molar-refractivity contribution is 7.80. The van der Waals surface area contributed by atoms with Gasteiger partial charge in [-0.05, 0) is 42.1 Å². The summed E-state index contributed by atoms with van der Waals surface area (Å²) >= 11 is 5.54. The summed E-state index contributed by atoms with van der Waals surface area (Å²) in [6.07, 6.45) is 3.40. The van der Waals surface area contributed by atoms with Gasteiger partial charge in [-0.25, -0.2) is 0 Å². The third kappa shape index (κ3) is 7.76. The minimum absolute atomic E-state index is 0.128. The smallest absolute Gasteiger partial charge is 0.305 e. The van der Waals surface area contributed by atoms with Crippen molar-refractivity contribution in [1.82, 2.24) is 15.1 Å². The summed E-state index contributed by atoms with van der Waals surface area (Å²) < 4.78 is 4.65. The molecule has 2 rings (SSSR count). The topological polar surface area (TPSA) is 44.8 Å². The number of methoxy groups -OCH3 is 1. The van der Waals surface area contributed by atoms with Gasteiger partial charge >= 0.3 is 5.97 Å². The molecule has 1 N–H and O–H groups in total. The van der Waals surface area contributed by atoms with Crippen LogP contribution < -0.4 is 5.32 Å². The van der Waals surface area contributed by atoms with Crippen molar-refractivity contribution in [2.24, 2.45) is 0 Å². The molecular formula is C22H35N3O2S. The van der Waals surface area contributed by atoms with Crippen molar-refractivity contribution in [1.29, 1.82) is 0 Å². The van der Waals surface area contributed by atoms with Gasteiger partial charge in [0, 0.05) is 45.7 Å². The first-order valence-electron chi connectivity index (χ1n) is 10.4. The third-order valence-electron chi connectivity index (χ3n) is 5.27. The maximum Gasteiger partial charge on any atom is 0.305 e. The van der Waals surface area contributed by atoms with E-state index in [2.05, 4.69) is 58.0 Å². The third-order valence-corrected chi connectivity index (χ3v) is 5.68. The van der Waals surface area contributed by atoms with Crippen LogP contribution in [-0.2, 0) is 16.1 Å². The zero-order valence-electron chi connectivity index (χ0n) is 17.6. The number of piperazine rings is 1. The lowest BCUT2D eigenvalue weighted by molar-refractivity contribution is -0.140. The summed E-state index contributed by atoms with van der Waals surface area (Å²) in [6.45, 7) is 10.3. The average Bonchev–Trinajstić information content (AvgIpc) is 2.71. The fourth-order valence-corrected chi connectivity index (χ4v) is 3.64. The largest absolute Gasteiger partial charge is 0.469 e. The number of carbonyl (C=O) groups excluding carboxylic acids is 1. The highest BCUT2D eigenvalue weighted by Crippen LogP contribution is 2.16. The summed E-state index contributed by atoms with van der Waals surface area (Å²) in [5.41, 5.74) is 2.78. The molecule has 0 aromatic heterocycles.